The molecular weight excluding hydrogens is 384 g/mol. The number of benzene rings is 2. The van der Waals surface area contributed by atoms with E-state index >= 15 is 0 Å². The van der Waals surface area contributed by atoms with E-state index in [9.17, 15) is 19.5 Å². The number of hydrogen-bond donors (Lipinski definition) is 1. The van der Waals surface area contributed by atoms with Crippen LogP contribution in [0.3, 0.4) is 0 Å². The van der Waals surface area contributed by atoms with E-state index in [1.54, 1.807) is 37.3 Å². The minimum absolute atomic E-state index is 0.0917. The normalized spacial score (nSPS) is 16.6. The van der Waals surface area contributed by atoms with Crippen LogP contribution in [0.2, 0.25) is 5.02 Å². The SMILES string of the molecule is COC(=O)C1=C(C)N(c2cccc(C(=O)[O-])c2)C(=O)N[C@@H]1c1ccccc1Cl. The third-order valence-corrected chi connectivity index (χ3v) is 4.79. The van der Waals surface area contributed by atoms with Crippen LogP contribution in [-0.2, 0) is 9.53 Å². The van der Waals surface area contributed by atoms with E-state index < -0.39 is 24.0 Å². The number of urea groups is 1. The first-order chi connectivity index (χ1) is 13.3. The maximum absolute atomic E-state index is 12.9. The molecule has 1 aliphatic rings. The highest BCUT2D eigenvalue weighted by molar-refractivity contribution is 6.31. The Morgan fingerprint density at radius 2 is 1.89 bits per heavy atom. The van der Waals surface area contributed by atoms with Crippen LogP contribution in [0.4, 0.5) is 10.5 Å². The standard InChI is InChI=1S/C20H17ClN2O5/c1-11-16(19(26)28-2)17(14-8-3-4-9-15(14)21)22-20(27)23(11)13-7-5-6-12(10-13)18(24)25/h3-10,17H,1-2H3,(H,22,27)(H,24,25)/p-1/t17-/m1/s1. The van der Waals surface area contributed by atoms with Gasteiger partial charge in [0.05, 0.1) is 30.4 Å². The van der Waals surface area contributed by atoms with E-state index in [4.69, 9.17) is 16.3 Å². The lowest BCUT2D eigenvalue weighted by Crippen LogP contribution is -2.48. The number of carbonyl (C=O) groups is 3. The quantitative estimate of drug-likeness (QED) is 0.796. The predicted molar refractivity (Wildman–Crippen MR) is 101 cm³/mol. The van der Waals surface area contributed by atoms with Crippen molar-refractivity contribution in [3.8, 4) is 0 Å². The molecule has 0 fully saturated rings. The van der Waals surface area contributed by atoms with E-state index in [2.05, 4.69) is 5.32 Å². The molecule has 3 rings (SSSR count). The number of carboxylic acids is 1. The Kier molecular flexibility index (Phi) is 5.37. The van der Waals surface area contributed by atoms with Crippen molar-refractivity contribution in [1.29, 1.82) is 0 Å². The second-order valence-electron chi connectivity index (χ2n) is 6.07. The first-order valence-corrected chi connectivity index (χ1v) is 8.68. The lowest BCUT2D eigenvalue weighted by atomic mass is 9.94. The van der Waals surface area contributed by atoms with Gasteiger partial charge < -0.3 is 20.0 Å². The zero-order chi connectivity index (χ0) is 20.4. The molecule has 28 heavy (non-hydrogen) atoms. The van der Waals surface area contributed by atoms with Crippen molar-refractivity contribution in [3.05, 3.63) is 76.0 Å². The van der Waals surface area contributed by atoms with Crippen LogP contribution in [0, 0.1) is 0 Å². The number of esters is 1. The number of rotatable bonds is 4. The first kappa shape index (κ1) is 19.4. The molecule has 0 saturated heterocycles. The maximum Gasteiger partial charge on any atom is 0.337 e. The van der Waals surface area contributed by atoms with E-state index in [1.165, 1.54) is 30.2 Å². The molecule has 8 heteroatoms. The van der Waals surface area contributed by atoms with Gasteiger partial charge in [0.2, 0.25) is 0 Å². The second-order valence-corrected chi connectivity index (χ2v) is 6.48. The Morgan fingerprint density at radius 3 is 2.54 bits per heavy atom. The van der Waals surface area contributed by atoms with Crippen LogP contribution in [0.25, 0.3) is 0 Å². The largest absolute Gasteiger partial charge is 0.545 e. The molecule has 0 saturated carbocycles. The molecule has 7 nitrogen and oxygen atoms in total. The molecule has 1 N–H and O–H groups in total. The topological polar surface area (TPSA) is 98.8 Å². The maximum atomic E-state index is 12.9. The zero-order valence-corrected chi connectivity index (χ0v) is 15.8. The van der Waals surface area contributed by atoms with Gasteiger partial charge in [0.25, 0.3) is 0 Å². The summed E-state index contributed by atoms with van der Waals surface area (Å²) in [4.78, 5) is 37.8. The van der Waals surface area contributed by atoms with E-state index in [0.717, 1.165) is 0 Å². The van der Waals surface area contributed by atoms with Crippen molar-refractivity contribution in [2.75, 3.05) is 12.0 Å². The number of nitrogens with zero attached hydrogens (tertiary/aromatic N) is 1. The molecular formula is C20H16ClN2O5-. The molecule has 0 bridgehead atoms. The minimum atomic E-state index is -1.37. The monoisotopic (exact) mass is 399 g/mol. The number of aromatic carboxylic acids is 1. The van der Waals surface area contributed by atoms with Crippen molar-refractivity contribution >= 4 is 35.3 Å². The van der Waals surface area contributed by atoms with Crippen LogP contribution in [0.15, 0.2) is 59.8 Å². The summed E-state index contributed by atoms with van der Waals surface area (Å²) in [6.45, 7) is 1.58. The summed E-state index contributed by atoms with van der Waals surface area (Å²) in [6, 6.07) is 11.2. The molecule has 1 atom stereocenters. The fourth-order valence-electron chi connectivity index (χ4n) is 3.14. The van der Waals surface area contributed by atoms with Gasteiger partial charge in [-0.05, 0) is 36.2 Å². The average molecular weight is 400 g/mol. The summed E-state index contributed by atoms with van der Waals surface area (Å²) in [7, 11) is 1.24. The van der Waals surface area contributed by atoms with Crippen LogP contribution in [0.5, 0.6) is 0 Å². The molecule has 0 spiro atoms. The molecule has 1 aliphatic heterocycles. The van der Waals surface area contributed by atoms with Gasteiger partial charge in [-0.2, -0.15) is 0 Å². The lowest BCUT2D eigenvalue weighted by Gasteiger charge is -2.35. The number of halogens is 1. The highest BCUT2D eigenvalue weighted by atomic mass is 35.5. The van der Waals surface area contributed by atoms with Gasteiger partial charge in [0.1, 0.15) is 0 Å². The van der Waals surface area contributed by atoms with E-state index in [1.807, 2.05) is 0 Å². The van der Waals surface area contributed by atoms with Crippen LogP contribution in [-0.4, -0.2) is 25.1 Å². The number of amides is 2. The second kappa shape index (κ2) is 7.74. The molecule has 0 aromatic heterocycles. The van der Waals surface area contributed by atoms with Gasteiger partial charge in [0, 0.05) is 10.7 Å². The van der Waals surface area contributed by atoms with Crippen LogP contribution < -0.4 is 15.3 Å². The Hall–Kier alpha value is -3.32. The number of carboxylic acid groups (broad SMARTS) is 1. The van der Waals surface area contributed by atoms with Crippen molar-refractivity contribution < 1.29 is 24.2 Å². The highest BCUT2D eigenvalue weighted by Crippen LogP contribution is 2.36. The summed E-state index contributed by atoms with van der Waals surface area (Å²) in [6.07, 6.45) is 0. The molecule has 2 aromatic rings. The molecule has 0 unspecified atom stereocenters. The van der Waals surface area contributed by atoms with Gasteiger partial charge in [-0.1, -0.05) is 41.9 Å². The number of carbonyl (C=O) groups excluding carboxylic acids is 3. The van der Waals surface area contributed by atoms with Gasteiger partial charge >= 0.3 is 12.0 Å². The van der Waals surface area contributed by atoms with Crippen LogP contribution in [0.1, 0.15) is 28.9 Å². The minimum Gasteiger partial charge on any atom is -0.545 e. The average Bonchev–Trinajstić information content (AvgIpc) is 2.67. The number of allylic oxidation sites excluding steroid dienone is 1. The molecule has 2 amide bonds. The molecule has 2 aromatic carbocycles. The van der Waals surface area contributed by atoms with Crippen LogP contribution >= 0.6 is 11.6 Å². The highest BCUT2D eigenvalue weighted by Gasteiger charge is 2.37. The summed E-state index contributed by atoms with van der Waals surface area (Å²) in [5.41, 5.74) is 1.21. The molecule has 0 radical (unpaired) electrons. The number of methoxy groups -OCH3 is 1. The molecule has 0 aliphatic carbocycles. The van der Waals surface area contributed by atoms with Crippen molar-refractivity contribution in [2.45, 2.75) is 13.0 Å². The fraction of sp³-hybridized carbons (Fsp3) is 0.150. The zero-order valence-electron chi connectivity index (χ0n) is 15.1. The Balaban J connectivity index is 2.17. The third-order valence-electron chi connectivity index (χ3n) is 4.45. The van der Waals surface area contributed by atoms with Crippen molar-refractivity contribution in [3.63, 3.8) is 0 Å². The summed E-state index contributed by atoms with van der Waals surface area (Å²) >= 11 is 6.26. The Labute approximate surface area is 166 Å². The Morgan fingerprint density at radius 1 is 1.18 bits per heavy atom. The summed E-state index contributed by atoms with van der Waals surface area (Å²) in [5, 5.41) is 14.3. The van der Waals surface area contributed by atoms with E-state index in [0.29, 0.717) is 16.3 Å². The number of ether oxygens (including phenoxy) is 1. The third kappa shape index (κ3) is 3.44. The Bertz CT molecular complexity index is 1000. The van der Waals surface area contributed by atoms with Gasteiger partial charge in [-0.15, -0.1) is 0 Å². The molecule has 144 valence electrons. The first-order valence-electron chi connectivity index (χ1n) is 8.30. The summed E-state index contributed by atoms with van der Waals surface area (Å²) in [5.74, 6) is -2.01. The fourth-order valence-corrected chi connectivity index (χ4v) is 3.39. The summed E-state index contributed by atoms with van der Waals surface area (Å²) < 4.78 is 4.91. The smallest absolute Gasteiger partial charge is 0.337 e. The van der Waals surface area contributed by atoms with Crippen molar-refractivity contribution in [1.82, 2.24) is 5.32 Å². The number of hydrogen-bond acceptors (Lipinski definition) is 5. The van der Waals surface area contributed by atoms with E-state index in [-0.39, 0.29) is 16.8 Å². The lowest BCUT2D eigenvalue weighted by molar-refractivity contribution is -0.255. The number of anilines is 1. The van der Waals surface area contributed by atoms with Crippen molar-refractivity contribution in [2.24, 2.45) is 0 Å². The predicted octanol–water partition coefficient (Wildman–Crippen LogP) is 2.42. The molecule has 1 heterocycles. The van der Waals surface area contributed by atoms with Gasteiger partial charge in [-0.25, -0.2) is 9.59 Å². The number of nitrogens with one attached hydrogen (secondary N) is 1. The van der Waals surface area contributed by atoms with Gasteiger partial charge in [0.15, 0.2) is 0 Å². The van der Waals surface area contributed by atoms with Gasteiger partial charge in [-0.3, -0.25) is 4.90 Å².